The van der Waals surface area contributed by atoms with Crippen LogP contribution in [0.25, 0.3) is 0 Å². The van der Waals surface area contributed by atoms with Crippen molar-refractivity contribution in [2.24, 2.45) is 4.99 Å². The maximum atomic E-state index is 12.0. The molecule has 0 amide bonds. The van der Waals surface area contributed by atoms with E-state index in [1.807, 2.05) is 24.3 Å². The highest BCUT2D eigenvalue weighted by atomic mass is 127. The van der Waals surface area contributed by atoms with E-state index in [0.29, 0.717) is 17.2 Å². The molecule has 1 aromatic heterocycles. The molecule has 3 rings (SSSR count). The Morgan fingerprint density at radius 2 is 2.09 bits per heavy atom. The number of carbonyl (C=O) groups excluding carboxylic acids is 1. The van der Waals surface area contributed by atoms with E-state index in [0.717, 1.165) is 14.7 Å². The predicted molar refractivity (Wildman–Crippen MR) is 90.3 cm³/mol. The molecule has 112 valence electrons. The van der Waals surface area contributed by atoms with E-state index >= 15 is 0 Å². The zero-order valence-corrected chi connectivity index (χ0v) is 14.2. The van der Waals surface area contributed by atoms with Gasteiger partial charge in [-0.3, -0.25) is 4.99 Å². The summed E-state index contributed by atoms with van der Waals surface area (Å²) in [6.07, 6.45) is 1.71. The number of aliphatic imine (C=N–C) groups is 1. The van der Waals surface area contributed by atoms with Crippen molar-refractivity contribution in [1.29, 1.82) is 0 Å². The molecule has 0 spiro atoms. The molecule has 2 aromatic rings. The van der Waals surface area contributed by atoms with Crippen molar-refractivity contribution in [3.8, 4) is 5.88 Å². The molecule has 6 heteroatoms. The number of aromatic nitrogens is 1. The summed E-state index contributed by atoms with van der Waals surface area (Å²) in [5.74, 6) is -0.0127. The maximum Gasteiger partial charge on any atom is 0.356 e. The fourth-order valence-electron chi connectivity index (χ4n) is 2.44. The Morgan fingerprint density at radius 3 is 2.77 bits per heavy atom. The molecular weight excluding hydrogens is 395 g/mol. The number of hydrogen-bond acceptors (Lipinski definition) is 5. The molecule has 0 bridgehead atoms. The van der Waals surface area contributed by atoms with Crippen LogP contribution in [0.2, 0.25) is 0 Å². The molecular formula is C16H13IN2O3. The molecule has 1 atom stereocenters. The Bertz CT molecular complexity index is 774. The summed E-state index contributed by atoms with van der Waals surface area (Å²) in [6.45, 7) is 0. The molecule has 0 N–H and O–H groups in total. The SMILES string of the molecule is COC(=O)C1=NC(c2cccc(I)c2)c2cnc(OC)cc21. The van der Waals surface area contributed by atoms with Crippen LogP contribution < -0.4 is 4.74 Å². The molecule has 22 heavy (non-hydrogen) atoms. The second-order valence-corrected chi connectivity index (χ2v) is 5.99. The normalized spacial score (nSPS) is 16.0. The van der Waals surface area contributed by atoms with Crippen molar-refractivity contribution in [3.05, 3.63) is 56.8 Å². The molecule has 1 aromatic carbocycles. The monoisotopic (exact) mass is 408 g/mol. The molecule has 0 aliphatic carbocycles. The van der Waals surface area contributed by atoms with Crippen LogP contribution in [0.1, 0.15) is 22.7 Å². The van der Waals surface area contributed by atoms with Crippen molar-refractivity contribution >= 4 is 34.3 Å². The van der Waals surface area contributed by atoms with Crippen LogP contribution in [-0.4, -0.2) is 30.9 Å². The number of carbonyl (C=O) groups is 1. The Hall–Kier alpha value is -1.96. The van der Waals surface area contributed by atoms with Crippen LogP contribution in [0.5, 0.6) is 5.88 Å². The van der Waals surface area contributed by atoms with E-state index in [1.165, 1.54) is 14.2 Å². The largest absolute Gasteiger partial charge is 0.481 e. The van der Waals surface area contributed by atoms with Crippen LogP contribution in [0.3, 0.4) is 0 Å². The number of benzene rings is 1. The number of methoxy groups -OCH3 is 2. The molecule has 1 aliphatic rings. The minimum atomic E-state index is -0.456. The van der Waals surface area contributed by atoms with Crippen LogP contribution in [-0.2, 0) is 9.53 Å². The third-order valence-corrected chi connectivity index (χ3v) is 4.14. The number of halogens is 1. The number of hydrogen-bond donors (Lipinski definition) is 0. The van der Waals surface area contributed by atoms with E-state index in [4.69, 9.17) is 9.47 Å². The van der Waals surface area contributed by atoms with Crippen molar-refractivity contribution in [2.75, 3.05) is 14.2 Å². The third kappa shape index (κ3) is 2.58. The molecule has 0 saturated heterocycles. The average molecular weight is 408 g/mol. The standard InChI is InChI=1S/C16H13IN2O3/c1-21-13-7-11-12(8-18-13)14(19-15(11)16(20)22-2)9-4-3-5-10(17)6-9/h3-8,14H,1-2H3. The van der Waals surface area contributed by atoms with E-state index in [-0.39, 0.29) is 6.04 Å². The first-order valence-electron chi connectivity index (χ1n) is 6.60. The van der Waals surface area contributed by atoms with Gasteiger partial charge in [-0.15, -0.1) is 0 Å². The van der Waals surface area contributed by atoms with Gasteiger partial charge in [0.25, 0.3) is 0 Å². The highest BCUT2D eigenvalue weighted by molar-refractivity contribution is 14.1. The minimum absolute atomic E-state index is 0.253. The van der Waals surface area contributed by atoms with Gasteiger partial charge in [-0.05, 0) is 40.3 Å². The van der Waals surface area contributed by atoms with Gasteiger partial charge in [-0.25, -0.2) is 9.78 Å². The summed E-state index contributed by atoms with van der Waals surface area (Å²) >= 11 is 2.25. The molecule has 1 unspecified atom stereocenters. The smallest absolute Gasteiger partial charge is 0.356 e. The third-order valence-electron chi connectivity index (χ3n) is 3.47. The minimum Gasteiger partial charge on any atom is -0.481 e. The Morgan fingerprint density at radius 1 is 1.27 bits per heavy atom. The molecule has 5 nitrogen and oxygen atoms in total. The Kier molecular flexibility index (Phi) is 4.10. The Balaban J connectivity index is 2.14. The van der Waals surface area contributed by atoms with E-state index in [9.17, 15) is 4.79 Å². The van der Waals surface area contributed by atoms with Gasteiger partial charge in [0.1, 0.15) is 6.04 Å². The van der Waals surface area contributed by atoms with Crippen LogP contribution in [0.4, 0.5) is 0 Å². The van der Waals surface area contributed by atoms with Gasteiger partial charge in [-0.2, -0.15) is 0 Å². The number of pyridine rings is 1. The summed E-state index contributed by atoms with van der Waals surface area (Å²) < 4.78 is 11.1. The molecule has 0 fully saturated rings. The van der Waals surface area contributed by atoms with Crippen molar-refractivity contribution in [2.45, 2.75) is 6.04 Å². The second kappa shape index (κ2) is 6.04. The summed E-state index contributed by atoms with van der Waals surface area (Å²) in [7, 11) is 2.89. The molecule has 1 aliphatic heterocycles. The number of esters is 1. The fraction of sp³-hybridized carbons (Fsp3) is 0.188. The first-order chi connectivity index (χ1) is 10.6. The van der Waals surface area contributed by atoms with Crippen LogP contribution >= 0.6 is 22.6 Å². The molecule has 0 saturated carbocycles. The summed E-state index contributed by atoms with van der Waals surface area (Å²) in [4.78, 5) is 20.8. The van der Waals surface area contributed by atoms with Gasteiger partial charge < -0.3 is 9.47 Å². The lowest BCUT2D eigenvalue weighted by Crippen LogP contribution is -2.15. The summed E-state index contributed by atoms with van der Waals surface area (Å²) in [5.41, 5.74) is 2.91. The second-order valence-electron chi connectivity index (χ2n) is 4.74. The highest BCUT2D eigenvalue weighted by Crippen LogP contribution is 2.36. The first kappa shape index (κ1) is 15.0. The zero-order valence-electron chi connectivity index (χ0n) is 12.0. The van der Waals surface area contributed by atoms with Gasteiger partial charge in [-0.1, -0.05) is 12.1 Å². The van der Waals surface area contributed by atoms with Crippen LogP contribution in [0.15, 0.2) is 41.5 Å². The maximum absolute atomic E-state index is 12.0. The first-order valence-corrected chi connectivity index (χ1v) is 7.67. The lowest BCUT2D eigenvalue weighted by molar-refractivity contribution is -0.132. The highest BCUT2D eigenvalue weighted by Gasteiger charge is 2.31. The van der Waals surface area contributed by atoms with Crippen molar-refractivity contribution in [1.82, 2.24) is 4.98 Å². The number of rotatable bonds is 3. The van der Waals surface area contributed by atoms with Gasteiger partial charge >= 0.3 is 5.97 Å². The Labute approximate surface area is 141 Å². The average Bonchev–Trinajstić information content (AvgIpc) is 2.92. The summed E-state index contributed by atoms with van der Waals surface area (Å²) in [5, 5.41) is 0. The van der Waals surface area contributed by atoms with Crippen molar-refractivity contribution in [3.63, 3.8) is 0 Å². The topological polar surface area (TPSA) is 60.8 Å². The predicted octanol–water partition coefficient (Wildman–Crippen LogP) is 2.76. The van der Waals surface area contributed by atoms with E-state index in [2.05, 4.69) is 32.6 Å². The number of ether oxygens (including phenoxy) is 2. The van der Waals surface area contributed by atoms with E-state index in [1.54, 1.807) is 12.3 Å². The molecule has 0 radical (unpaired) electrons. The van der Waals surface area contributed by atoms with E-state index < -0.39 is 5.97 Å². The fourth-order valence-corrected chi connectivity index (χ4v) is 3.01. The quantitative estimate of drug-likeness (QED) is 0.579. The van der Waals surface area contributed by atoms with Gasteiger partial charge in [0.2, 0.25) is 5.88 Å². The van der Waals surface area contributed by atoms with Gasteiger partial charge in [0.15, 0.2) is 5.71 Å². The van der Waals surface area contributed by atoms with Crippen molar-refractivity contribution < 1.29 is 14.3 Å². The van der Waals surface area contributed by atoms with Crippen LogP contribution in [0, 0.1) is 3.57 Å². The van der Waals surface area contributed by atoms with Gasteiger partial charge in [0.05, 0.1) is 14.2 Å². The number of nitrogens with zero attached hydrogens (tertiary/aromatic N) is 2. The lowest BCUT2D eigenvalue weighted by Gasteiger charge is -2.10. The lowest BCUT2D eigenvalue weighted by atomic mass is 9.98. The number of fused-ring (bicyclic) bond motifs is 1. The summed E-state index contributed by atoms with van der Waals surface area (Å²) in [6, 6.07) is 9.49. The molecule has 2 heterocycles. The zero-order chi connectivity index (χ0) is 15.7. The van der Waals surface area contributed by atoms with Gasteiger partial charge in [0, 0.05) is 27.0 Å².